The van der Waals surface area contributed by atoms with Gasteiger partial charge < -0.3 is 44.0 Å². The van der Waals surface area contributed by atoms with E-state index in [9.17, 15) is 24.3 Å². The predicted octanol–water partition coefficient (Wildman–Crippen LogP) is -0.0637. The van der Waals surface area contributed by atoms with E-state index in [4.69, 9.17) is 28.3 Å². The minimum atomic E-state index is -1.19. The average molecular weight is 638 g/mol. The molecule has 250 valence electrons. The summed E-state index contributed by atoms with van der Waals surface area (Å²) in [5.74, 6) is -2.81. The lowest BCUT2D eigenvalue weighted by Crippen LogP contribution is -2.57. The zero-order chi connectivity index (χ0) is 34.2. The van der Waals surface area contributed by atoms with Crippen LogP contribution in [-0.4, -0.2) is 71.6 Å². The number of hydrogen-bond donors (Lipinski definition) is 9. The number of carbonyl (C=O) groups is 4. The van der Waals surface area contributed by atoms with Gasteiger partial charge in [0.15, 0.2) is 5.96 Å². The molecule has 2 rings (SSSR count). The first kappa shape index (κ1) is 37.2. The molecule has 0 aliphatic heterocycles. The molecule has 4 amide bonds. The summed E-state index contributed by atoms with van der Waals surface area (Å²) in [6.45, 7) is 4.14. The van der Waals surface area contributed by atoms with Gasteiger partial charge in [-0.2, -0.15) is 0 Å². The SMILES string of the molecule is Cc1cc(O)cc(C)c1C[C@H](NC(=O)C(=N)CCCN=C(N)N)C(=O)N[C@@H](CCCCN)C(=O)N[C@@H](Cc1ccccc1)C(N)=O. The maximum atomic E-state index is 13.8. The van der Waals surface area contributed by atoms with Crippen LogP contribution in [0.15, 0.2) is 47.5 Å². The Morgan fingerprint density at radius 2 is 1.46 bits per heavy atom. The fourth-order valence-corrected chi connectivity index (χ4v) is 4.91. The molecule has 0 aromatic heterocycles. The lowest BCUT2D eigenvalue weighted by Gasteiger charge is -2.26. The molecule has 14 nitrogen and oxygen atoms in total. The van der Waals surface area contributed by atoms with Crippen molar-refractivity contribution in [3.8, 4) is 5.75 Å². The summed E-state index contributed by atoms with van der Waals surface area (Å²) in [6, 6.07) is 8.86. The van der Waals surface area contributed by atoms with E-state index in [0.29, 0.717) is 42.5 Å². The summed E-state index contributed by atoms with van der Waals surface area (Å²) < 4.78 is 0. The zero-order valence-electron chi connectivity index (χ0n) is 26.5. The number of aryl methyl sites for hydroxylation is 2. The molecule has 14 heteroatoms. The van der Waals surface area contributed by atoms with Crippen molar-refractivity contribution in [1.82, 2.24) is 16.0 Å². The van der Waals surface area contributed by atoms with E-state index in [2.05, 4.69) is 20.9 Å². The molecular weight excluding hydrogens is 590 g/mol. The van der Waals surface area contributed by atoms with Gasteiger partial charge in [0, 0.05) is 19.4 Å². The molecular formula is C32H47N9O5. The number of amides is 4. The number of nitrogens with two attached hydrogens (primary N) is 4. The Hall–Kier alpha value is -4.98. The zero-order valence-corrected chi connectivity index (χ0v) is 26.5. The third-order valence-corrected chi connectivity index (χ3v) is 7.39. The van der Waals surface area contributed by atoms with E-state index in [0.717, 1.165) is 5.56 Å². The van der Waals surface area contributed by atoms with E-state index in [1.807, 2.05) is 18.2 Å². The Bertz CT molecular complexity index is 1370. The second-order valence-electron chi connectivity index (χ2n) is 11.2. The number of guanidine groups is 1. The Kier molecular flexibility index (Phi) is 15.2. The van der Waals surface area contributed by atoms with Crippen LogP contribution in [0.2, 0.25) is 0 Å². The largest absolute Gasteiger partial charge is 0.508 e. The second-order valence-corrected chi connectivity index (χ2v) is 11.2. The molecule has 0 fully saturated rings. The number of benzene rings is 2. The normalized spacial score (nSPS) is 12.7. The van der Waals surface area contributed by atoms with Crippen LogP contribution in [0.25, 0.3) is 0 Å². The van der Waals surface area contributed by atoms with Gasteiger partial charge >= 0.3 is 0 Å². The van der Waals surface area contributed by atoms with Crippen LogP contribution in [0.1, 0.15) is 54.4 Å². The van der Waals surface area contributed by atoms with Crippen LogP contribution in [0, 0.1) is 19.3 Å². The number of primary amides is 1. The molecule has 46 heavy (non-hydrogen) atoms. The fraction of sp³-hybridized carbons (Fsp3) is 0.438. The standard InChI is InChI=1S/C32H47N9O5/c1-19-15-22(42)16-20(2)23(19)18-27(41-29(44)24(34)11-8-14-38-32(36)37)31(46)39-25(12-6-7-13-33)30(45)40-26(28(35)43)17-21-9-4-3-5-10-21/h3-5,9-10,15-16,25-27,34,42H,6-8,11-14,17-18,33H2,1-2H3,(H2,35,43)(H,39,46)(H,40,45)(H,41,44)(H4,36,37,38)/t25-,26-,27-/m0/s1. The lowest BCUT2D eigenvalue weighted by atomic mass is 9.95. The number of nitrogens with zero attached hydrogens (tertiary/aromatic N) is 1. The number of unbranched alkanes of at least 4 members (excludes halogenated alkanes) is 1. The minimum Gasteiger partial charge on any atom is -0.508 e. The van der Waals surface area contributed by atoms with Gasteiger partial charge in [-0.3, -0.25) is 29.6 Å². The number of phenols is 1. The number of phenolic OH excluding ortho intramolecular Hbond substituents is 1. The molecule has 0 spiro atoms. The van der Waals surface area contributed by atoms with Crippen molar-refractivity contribution in [3.05, 3.63) is 64.7 Å². The van der Waals surface area contributed by atoms with Gasteiger partial charge in [-0.25, -0.2) is 0 Å². The maximum absolute atomic E-state index is 13.8. The lowest BCUT2D eigenvalue weighted by molar-refractivity contribution is -0.132. The van der Waals surface area contributed by atoms with Crippen molar-refractivity contribution in [3.63, 3.8) is 0 Å². The first-order valence-corrected chi connectivity index (χ1v) is 15.2. The van der Waals surface area contributed by atoms with Gasteiger partial charge in [-0.15, -0.1) is 0 Å². The number of hydrogen-bond acceptors (Lipinski definition) is 8. The van der Waals surface area contributed by atoms with Crippen LogP contribution in [0.5, 0.6) is 5.75 Å². The Morgan fingerprint density at radius 1 is 0.848 bits per heavy atom. The van der Waals surface area contributed by atoms with Crippen LogP contribution >= 0.6 is 0 Å². The third kappa shape index (κ3) is 12.6. The van der Waals surface area contributed by atoms with E-state index in [1.165, 1.54) is 0 Å². The molecule has 0 unspecified atom stereocenters. The predicted molar refractivity (Wildman–Crippen MR) is 177 cm³/mol. The Morgan fingerprint density at radius 3 is 2.04 bits per heavy atom. The highest BCUT2D eigenvalue weighted by Gasteiger charge is 2.30. The molecule has 0 heterocycles. The van der Waals surface area contributed by atoms with E-state index < -0.39 is 41.8 Å². The number of rotatable bonds is 19. The highest BCUT2D eigenvalue weighted by molar-refractivity contribution is 6.37. The number of aliphatic imine (C=N–C) groups is 1. The maximum Gasteiger partial charge on any atom is 0.265 e. The van der Waals surface area contributed by atoms with Gasteiger partial charge in [-0.1, -0.05) is 30.3 Å². The summed E-state index contributed by atoms with van der Waals surface area (Å²) in [4.78, 5) is 56.4. The summed E-state index contributed by atoms with van der Waals surface area (Å²) in [5, 5.41) is 26.3. The van der Waals surface area contributed by atoms with Crippen LogP contribution in [0.3, 0.4) is 0 Å². The molecule has 0 bridgehead atoms. The van der Waals surface area contributed by atoms with Crippen LogP contribution in [0.4, 0.5) is 0 Å². The fourth-order valence-electron chi connectivity index (χ4n) is 4.91. The third-order valence-electron chi connectivity index (χ3n) is 7.39. The second kappa shape index (κ2) is 18.7. The molecule has 0 aliphatic rings. The molecule has 3 atom stereocenters. The van der Waals surface area contributed by atoms with Crippen molar-refractivity contribution < 1.29 is 24.3 Å². The molecule has 13 N–H and O–H groups in total. The number of aromatic hydroxyl groups is 1. The smallest absolute Gasteiger partial charge is 0.265 e. The van der Waals surface area contributed by atoms with E-state index in [1.54, 1.807) is 38.1 Å². The molecule has 0 radical (unpaired) electrons. The van der Waals surface area contributed by atoms with Crippen molar-refractivity contribution in [2.24, 2.45) is 27.9 Å². The Balaban J connectivity index is 2.30. The van der Waals surface area contributed by atoms with Gasteiger partial charge in [-0.05, 0) is 86.9 Å². The van der Waals surface area contributed by atoms with Crippen molar-refractivity contribution in [2.75, 3.05) is 13.1 Å². The van der Waals surface area contributed by atoms with E-state index in [-0.39, 0.29) is 49.6 Å². The molecule has 0 aliphatic carbocycles. The van der Waals surface area contributed by atoms with Gasteiger partial charge in [0.25, 0.3) is 5.91 Å². The van der Waals surface area contributed by atoms with E-state index >= 15 is 0 Å². The number of carbonyl (C=O) groups excluding carboxylic acids is 4. The quantitative estimate of drug-likeness (QED) is 0.0570. The molecule has 2 aromatic rings. The van der Waals surface area contributed by atoms with Crippen molar-refractivity contribution >= 4 is 35.3 Å². The van der Waals surface area contributed by atoms with Crippen molar-refractivity contribution in [1.29, 1.82) is 5.41 Å². The summed E-state index contributed by atoms with van der Waals surface area (Å²) in [6.07, 6.45) is 1.89. The Labute approximate surface area is 269 Å². The van der Waals surface area contributed by atoms with Gasteiger partial charge in [0.1, 0.15) is 23.9 Å². The number of nitrogens with one attached hydrogen (secondary N) is 4. The van der Waals surface area contributed by atoms with Crippen LogP contribution in [-0.2, 0) is 32.0 Å². The highest BCUT2D eigenvalue weighted by atomic mass is 16.3. The topological polar surface area (TPSA) is 265 Å². The summed E-state index contributed by atoms with van der Waals surface area (Å²) >= 11 is 0. The average Bonchev–Trinajstić information content (AvgIpc) is 2.99. The summed E-state index contributed by atoms with van der Waals surface area (Å²) in [5.41, 5.74) is 24.5. The van der Waals surface area contributed by atoms with Gasteiger partial charge in [0.05, 0.1) is 5.71 Å². The molecule has 2 aromatic carbocycles. The van der Waals surface area contributed by atoms with Crippen molar-refractivity contribution in [2.45, 2.75) is 76.9 Å². The molecule has 0 saturated heterocycles. The van der Waals surface area contributed by atoms with Gasteiger partial charge in [0.2, 0.25) is 17.7 Å². The highest BCUT2D eigenvalue weighted by Crippen LogP contribution is 2.22. The first-order valence-electron chi connectivity index (χ1n) is 15.2. The monoisotopic (exact) mass is 637 g/mol. The first-order chi connectivity index (χ1) is 21.8. The minimum absolute atomic E-state index is 0.0197. The van der Waals surface area contributed by atoms with Crippen LogP contribution < -0.4 is 38.9 Å². The molecule has 0 saturated carbocycles. The summed E-state index contributed by atoms with van der Waals surface area (Å²) in [7, 11) is 0.